The minimum atomic E-state index is -0.254. The number of aryl methyl sites for hydroxylation is 1. The zero-order valence-corrected chi connectivity index (χ0v) is 22.1. The molecule has 1 unspecified atom stereocenters. The molecule has 5 rings (SSSR count). The fourth-order valence-corrected chi connectivity index (χ4v) is 5.16. The average Bonchev–Trinajstić information content (AvgIpc) is 2.96. The number of ether oxygens (including phenoxy) is 2. The maximum absolute atomic E-state index is 13.4. The van der Waals surface area contributed by atoms with Gasteiger partial charge < -0.3 is 14.8 Å². The molecular formula is C32H35N3O3. The lowest BCUT2D eigenvalue weighted by atomic mass is 9.92. The van der Waals surface area contributed by atoms with Crippen molar-refractivity contribution in [2.75, 3.05) is 33.4 Å². The van der Waals surface area contributed by atoms with E-state index < -0.39 is 0 Å². The Bertz CT molecular complexity index is 1360. The molecule has 0 bridgehead atoms. The second-order valence-electron chi connectivity index (χ2n) is 9.91. The number of nitrogens with one attached hydrogen (secondary N) is 1. The van der Waals surface area contributed by atoms with Crippen LogP contribution in [0.15, 0.2) is 85.1 Å². The number of amides is 1. The topological polar surface area (TPSA) is 63.7 Å². The van der Waals surface area contributed by atoms with Crippen LogP contribution in [0.3, 0.4) is 0 Å². The number of likely N-dealkylation sites (tertiary alicyclic amines) is 1. The van der Waals surface area contributed by atoms with Crippen molar-refractivity contribution in [3.05, 3.63) is 102 Å². The van der Waals surface area contributed by atoms with E-state index in [4.69, 9.17) is 9.47 Å². The summed E-state index contributed by atoms with van der Waals surface area (Å²) in [6, 6.07) is 26.3. The molecule has 1 atom stereocenters. The van der Waals surface area contributed by atoms with Gasteiger partial charge in [0.15, 0.2) is 0 Å². The van der Waals surface area contributed by atoms with E-state index in [1.807, 2.05) is 42.5 Å². The highest BCUT2D eigenvalue weighted by molar-refractivity contribution is 5.83. The van der Waals surface area contributed by atoms with Gasteiger partial charge in [0.1, 0.15) is 12.4 Å². The highest BCUT2D eigenvalue weighted by Gasteiger charge is 2.28. The molecule has 0 radical (unpaired) electrons. The Morgan fingerprint density at radius 1 is 1.00 bits per heavy atom. The highest BCUT2D eigenvalue weighted by Crippen LogP contribution is 2.27. The molecule has 1 fully saturated rings. The minimum absolute atomic E-state index is 0.00891. The Balaban J connectivity index is 1.15. The molecule has 2 heterocycles. The zero-order valence-electron chi connectivity index (χ0n) is 22.1. The molecule has 1 N–H and O–H groups in total. The van der Waals surface area contributed by atoms with Crippen LogP contribution in [-0.2, 0) is 4.79 Å². The maximum Gasteiger partial charge on any atom is 0.223 e. The van der Waals surface area contributed by atoms with Gasteiger partial charge in [0, 0.05) is 24.7 Å². The third-order valence-electron chi connectivity index (χ3n) is 7.44. The van der Waals surface area contributed by atoms with Crippen molar-refractivity contribution in [1.29, 1.82) is 0 Å². The predicted molar refractivity (Wildman–Crippen MR) is 151 cm³/mol. The summed E-state index contributed by atoms with van der Waals surface area (Å²) < 4.78 is 11.3. The van der Waals surface area contributed by atoms with Crippen molar-refractivity contribution in [1.82, 2.24) is 15.2 Å². The molecule has 0 spiro atoms. The smallest absolute Gasteiger partial charge is 0.223 e. The van der Waals surface area contributed by atoms with Gasteiger partial charge >= 0.3 is 0 Å². The van der Waals surface area contributed by atoms with Crippen LogP contribution < -0.4 is 14.8 Å². The monoisotopic (exact) mass is 509 g/mol. The Hall–Kier alpha value is -3.90. The van der Waals surface area contributed by atoms with Gasteiger partial charge in [-0.1, -0.05) is 54.6 Å². The van der Waals surface area contributed by atoms with Gasteiger partial charge in [0.05, 0.1) is 13.2 Å². The van der Waals surface area contributed by atoms with Crippen LogP contribution in [0.4, 0.5) is 0 Å². The molecule has 196 valence electrons. The molecular weight excluding hydrogens is 474 g/mol. The largest absolute Gasteiger partial charge is 0.492 e. The van der Waals surface area contributed by atoms with Crippen molar-refractivity contribution in [3.8, 4) is 11.6 Å². The average molecular weight is 510 g/mol. The molecule has 3 aromatic carbocycles. The van der Waals surface area contributed by atoms with Crippen molar-refractivity contribution in [2.45, 2.75) is 25.8 Å². The van der Waals surface area contributed by atoms with E-state index in [0.29, 0.717) is 12.5 Å². The lowest BCUT2D eigenvalue weighted by molar-refractivity contribution is -0.127. The molecule has 1 amide bonds. The SMILES string of the molecule is COc1ccc(C(NC(=O)C2CCN(CCOc3ccc4ccccc4c3)CC2)c2ccccc2C)cn1. The van der Waals surface area contributed by atoms with Crippen LogP contribution in [-0.4, -0.2) is 49.1 Å². The number of benzene rings is 3. The number of piperidine rings is 1. The van der Waals surface area contributed by atoms with Crippen LogP contribution >= 0.6 is 0 Å². The Morgan fingerprint density at radius 3 is 2.50 bits per heavy atom. The Kier molecular flexibility index (Phi) is 8.19. The lowest BCUT2D eigenvalue weighted by Crippen LogP contribution is -2.42. The molecule has 1 aliphatic rings. The number of carbonyl (C=O) groups excluding carboxylic acids is 1. The van der Waals surface area contributed by atoms with Gasteiger partial charge in [-0.05, 0) is 78.5 Å². The number of hydrogen-bond acceptors (Lipinski definition) is 5. The first-order valence-corrected chi connectivity index (χ1v) is 13.3. The number of carbonyl (C=O) groups is 1. The first-order chi connectivity index (χ1) is 18.6. The van der Waals surface area contributed by atoms with E-state index in [1.54, 1.807) is 13.3 Å². The molecule has 6 heteroatoms. The normalized spacial score (nSPS) is 15.2. The van der Waals surface area contributed by atoms with Crippen LogP contribution in [0.1, 0.15) is 35.6 Å². The molecule has 1 aliphatic heterocycles. The third-order valence-corrected chi connectivity index (χ3v) is 7.44. The number of fused-ring (bicyclic) bond motifs is 1. The molecule has 1 aromatic heterocycles. The second-order valence-corrected chi connectivity index (χ2v) is 9.91. The van der Waals surface area contributed by atoms with E-state index in [1.165, 1.54) is 10.8 Å². The van der Waals surface area contributed by atoms with E-state index in [-0.39, 0.29) is 17.9 Å². The number of methoxy groups -OCH3 is 1. The summed E-state index contributed by atoms with van der Waals surface area (Å²) in [5.74, 6) is 1.54. The summed E-state index contributed by atoms with van der Waals surface area (Å²) in [6.45, 7) is 5.33. The fraction of sp³-hybridized carbons (Fsp3) is 0.312. The molecule has 1 saturated heterocycles. The maximum atomic E-state index is 13.4. The Morgan fingerprint density at radius 2 is 1.76 bits per heavy atom. The van der Waals surface area contributed by atoms with E-state index in [0.717, 1.165) is 54.9 Å². The van der Waals surface area contributed by atoms with Crippen LogP contribution in [0.5, 0.6) is 11.6 Å². The van der Waals surface area contributed by atoms with Gasteiger partial charge in [-0.25, -0.2) is 4.98 Å². The number of aromatic nitrogens is 1. The number of pyridine rings is 1. The second kappa shape index (κ2) is 12.1. The summed E-state index contributed by atoms with van der Waals surface area (Å²) in [5.41, 5.74) is 3.16. The van der Waals surface area contributed by atoms with E-state index >= 15 is 0 Å². The van der Waals surface area contributed by atoms with E-state index in [9.17, 15) is 4.79 Å². The van der Waals surface area contributed by atoms with Crippen molar-refractivity contribution in [2.24, 2.45) is 5.92 Å². The first-order valence-electron chi connectivity index (χ1n) is 13.3. The third kappa shape index (κ3) is 6.14. The van der Waals surface area contributed by atoms with Crippen LogP contribution in [0.25, 0.3) is 10.8 Å². The van der Waals surface area contributed by atoms with Crippen molar-refractivity contribution < 1.29 is 14.3 Å². The van der Waals surface area contributed by atoms with Crippen LogP contribution in [0.2, 0.25) is 0 Å². The number of hydrogen-bond donors (Lipinski definition) is 1. The van der Waals surface area contributed by atoms with E-state index in [2.05, 4.69) is 58.5 Å². The molecule has 0 saturated carbocycles. The minimum Gasteiger partial charge on any atom is -0.492 e. The fourth-order valence-electron chi connectivity index (χ4n) is 5.16. The number of rotatable bonds is 9. The molecule has 0 aliphatic carbocycles. The van der Waals surface area contributed by atoms with Gasteiger partial charge in [-0.15, -0.1) is 0 Å². The summed E-state index contributed by atoms with van der Waals surface area (Å²) in [4.78, 5) is 20.2. The van der Waals surface area contributed by atoms with Gasteiger partial charge in [-0.3, -0.25) is 9.69 Å². The summed E-state index contributed by atoms with van der Waals surface area (Å²) in [5, 5.41) is 5.73. The summed E-state index contributed by atoms with van der Waals surface area (Å²) in [7, 11) is 1.60. The quantitative estimate of drug-likeness (QED) is 0.321. The summed E-state index contributed by atoms with van der Waals surface area (Å²) >= 11 is 0. The van der Waals surface area contributed by atoms with Gasteiger partial charge in [0.2, 0.25) is 11.8 Å². The van der Waals surface area contributed by atoms with Crippen molar-refractivity contribution >= 4 is 16.7 Å². The molecule has 6 nitrogen and oxygen atoms in total. The lowest BCUT2D eigenvalue weighted by Gasteiger charge is -2.32. The van der Waals surface area contributed by atoms with Gasteiger partial charge in [0.25, 0.3) is 0 Å². The van der Waals surface area contributed by atoms with Gasteiger partial charge in [-0.2, -0.15) is 0 Å². The molecule has 4 aromatic rings. The first kappa shape index (κ1) is 25.7. The predicted octanol–water partition coefficient (Wildman–Crippen LogP) is 5.55. The van der Waals surface area contributed by atoms with Crippen LogP contribution in [0, 0.1) is 12.8 Å². The zero-order chi connectivity index (χ0) is 26.3. The molecule has 38 heavy (non-hydrogen) atoms. The van der Waals surface area contributed by atoms with Crippen molar-refractivity contribution in [3.63, 3.8) is 0 Å². The standard InChI is InChI=1S/C32H35N3O3/c1-23-7-3-6-10-29(23)31(27-12-14-30(37-2)33-22-27)34-32(36)25-15-17-35(18-16-25)19-20-38-28-13-11-24-8-4-5-9-26(24)21-28/h3-14,21-22,25,31H,15-20H2,1-2H3,(H,34,36). The Labute approximate surface area is 224 Å². The highest BCUT2D eigenvalue weighted by atomic mass is 16.5. The summed E-state index contributed by atoms with van der Waals surface area (Å²) in [6.07, 6.45) is 3.46. The number of nitrogens with zero attached hydrogens (tertiary/aromatic N) is 2.